The van der Waals surface area contributed by atoms with Gasteiger partial charge < -0.3 is 14.7 Å². The molecular weight excluding hydrogens is 417 g/mol. The minimum Gasteiger partial charge on any atom is -0.366 e. The monoisotopic (exact) mass is 449 g/mol. The number of halogens is 1. The highest BCUT2D eigenvalue weighted by Gasteiger charge is 2.42. The van der Waals surface area contributed by atoms with Crippen molar-refractivity contribution in [2.45, 2.75) is 38.6 Å². The van der Waals surface area contributed by atoms with Crippen LogP contribution in [0.25, 0.3) is 0 Å². The van der Waals surface area contributed by atoms with Crippen LogP contribution in [-0.2, 0) is 9.59 Å². The summed E-state index contributed by atoms with van der Waals surface area (Å²) in [6.07, 6.45) is 3.53. The van der Waals surface area contributed by atoms with Gasteiger partial charge in [0.05, 0.1) is 17.6 Å². The maximum Gasteiger partial charge on any atom is 0.227 e. The van der Waals surface area contributed by atoms with E-state index in [1.54, 1.807) is 12.1 Å². The molecule has 33 heavy (non-hydrogen) atoms. The number of hydrogen-bond donors (Lipinski definition) is 0. The summed E-state index contributed by atoms with van der Waals surface area (Å²) in [4.78, 5) is 32.5. The summed E-state index contributed by atoms with van der Waals surface area (Å²) in [6.45, 7) is 4.99. The molecule has 2 saturated heterocycles. The maximum atomic E-state index is 14.2. The van der Waals surface area contributed by atoms with Crippen molar-refractivity contribution in [1.29, 1.82) is 0 Å². The molecule has 1 aliphatic carbocycles. The van der Waals surface area contributed by atoms with Crippen molar-refractivity contribution < 1.29 is 14.0 Å². The average molecular weight is 450 g/mol. The van der Waals surface area contributed by atoms with Crippen LogP contribution < -0.4 is 4.90 Å². The Labute approximate surface area is 195 Å². The largest absolute Gasteiger partial charge is 0.366 e. The number of carbonyl (C=O) groups is 2. The van der Waals surface area contributed by atoms with Gasteiger partial charge in [0.1, 0.15) is 5.82 Å². The van der Waals surface area contributed by atoms with E-state index in [4.69, 9.17) is 0 Å². The number of hydrogen-bond acceptors (Lipinski definition) is 3. The van der Waals surface area contributed by atoms with Crippen molar-refractivity contribution in [1.82, 2.24) is 9.80 Å². The van der Waals surface area contributed by atoms with E-state index in [-0.39, 0.29) is 35.5 Å². The number of amides is 2. The van der Waals surface area contributed by atoms with E-state index in [1.165, 1.54) is 17.2 Å². The summed E-state index contributed by atoms with van der Waals surface area (Å²) in [5.41, 5.74) is 2.97. The second kappa shape index (κ2) is 9.16. The molecule has 2 aliphatic heterocycles. The number of para-hydroxylation sites is 1. The van der Waals surface area contributed by atoms with Crippen molar-refractivity contribution in [2.75, 3.05) is 37.6 Å². The Balaban J connectivity index is 1.26. The minimum atomic E-state index is -0.221. The molecule has 0 aromatic heterocycles. The van der Waals surface area contributed by atoms with Crippen LogP contribution in [0.4, 0.5) is 10.1 Å². The van der Waals surface area contributed by atoms with Gasteiger partial charge in [0, 0.05) is 38.6 Å². The van der Waals surface area contributed by atoms with Crippen molar-refractivity contribution in [3.05, 3.63) is 65.5 Å². The van der Waals surface area contributed by atoms with Crippen LogP contribution in [0.5, 0.6) is 0 Å². The molecule has 5 rings (SSSR count). The zero-order valence-corrected chi connectivity index (χ0v) is 19.3. The first-order valence-corrected chi connectivity index (χ1v) is 12.2. The molecule has 6 heteroatoms. The van der Waals surface area contributed by atoms with Crippen LogP contribution in [0.1, 0.15) is 42.9 Å². The summed E-state index contributed by atoms with van der Waals surface area (Å²) in [5.74, 6) is 0.105. The molecule has 3 aliphatic rings. The van der Waals surface area contributed by atoms with Gasteiger partial charge >= 0.3 is 0 Å². The second-order valence-electron chi connectivity index (χ2n) is 9.73. The molecule has 2 heterocycles. The fourth-order valence-electron chi connectivity index (χ4n) is 5.34. The van der Waals surface area contributed by atoms with Crippen molar-refractivity contribution in [3.63, 3.8) is 0 Å². The number of benzene rings is 2. The standard InChI is InChI=1S/C27H32FN3O2/c1-19-5-4-6-21(17-19)24-12-11-22(18-31(24)27(33)20-9-10-20)26(32)30-15-13-29(14-16-30)25-8-3-2-7-23(25)28/h2-8,17,20,22,24H,9-16,18H2,1H3. The quantitative estimate of drug-likeness (QED) is 0.704. The van der Waals surface area contributed by atoms with Crippen LogP contribution >= 0.6 is 0 Å². The Bertz CT molecular complexity index is 1030. The second-order valence-corrected chi connectivity index (χ2v) is 9.73. The topological polar surface area (TPSA) is 43.9 Å². The van der Waals surface area contributed by atoms with Crippen molar-refractivity contribution >= 4 is 17.5 Å². The number of anilines is 1. The Morgan fingerprint density at radius 3 is 2.27 bits per heavy atom. The summed E-state index contributed by atoms with van der Waals surface area (Å²) >= 11 is 0. The number of piperidine rings is 1. The molecule has 174 valence electrons. The number of piperazine rings is 1. The molecule has 1 saturated carbocycles. The van der Waals surface area contributed by atoms with Gasteiger partial charge in [-0.25, -0.2) is 4.39 Å². The summed E-state index contributed by atoms with van der Waals surface area (Å²) in [7, 11) is 0. The van der Waals surface area contributed by atoms with Gasteiger partial charge in [-0.2, -0.15) is 0 Å². The van der Waals surface area contributed by atoms with E-state index < -0.39 is 0 Å². The van der Waals surface area contributed by atoms with Gasteiger partial charge in [0.2, 0.25) is 11.8 Å². The average Bonchev–Trinajstić information content (AvgIpc) is 3.69. The zero-order valence-electron chi connectivity index (χ0n) is 19.3. The molecule has 2 aromatic carbocycles. The van der Waals surface area contributed by atoms with E-state index in [9.17, 15) is 14.0 Å². The first-order valence-electron chi connectivity index (χ1n) is 12.2. The third-order valence-electron chi connectivity index (χ3n) is 7.35. The number of rotatable bonds is 4. The molecule has 2 unspecified atom stereocenters. The van der Waals surface area contributed by atoms with Crippen molar-refractivity contribution in [3.8, 4) is 0 Å². The molecule has 0 N–H and O–H groups in total. The van der Waals surface area contributed by atoms with Crippen molar-refractivity contribution in [2.24, 2.45) is 11.8 Å². The van der Waals surface area contributed by atoms with Gasteiger partial charge in [-0.1, -0.05) is 42.0 Å². The Morgan fingerprint density at radius 1 is 0.848 bits per heavy atom. The Kier molecular flexibility index (Phi) is 6.09. The van der Waals surface area contributed by atoms with E-state index >= 15 is 0 Å². The van der Waals surface area contributed by atoms with E-state index in [0.29, 0.717) is 38.4 Å². The SMILES string of the molecule is Cc1cccc(C2CCC(C(=O)N3CCN(c4ccccc4F)CC3)CN2C(=O)C2CC2)c1. The fourth-order valence-corrected chi connectivity index (χ4v) is 5.34. The Hall–Kier alpha value is -2.89. The van der Waals surface area contributed by atoms with Gasteiger partial charge in [-0.3, -0.25) is 9.59 Å². The number of likely N-dealkylation sites (tertiary alicyclic amines) is 1. The predicted octanol–water partition coefficient (Wildman–Crippen LogP) is 4.17. The molecule has 2 amide bonds. The lowest BCUT2D eigenvalue weighted by Gasteiger charge is -2.43. The lowest BCUT2D eigenvalue weighted by atomic mass is 9.87. The number of nitrogens with zero attached hydrogens (tertiary/aromatic N) is 3. The van der Waals surface area contributed by atoms with Crippen LogP contribution in [-0.4, -0.2) is 54.3 Å². The van der Waals surface area contributed by atoms with E-state index in [2.05, 4.69) is 31.2 Å². The van der Waals surface area contributed by atoms with Crippen LogP contribution in [0.2, 0.25) is 0 Å². The predicted molar refractivity (Wildman–Crippen MR) is 126 cm³/mol. The number of carbonyl (C=O) groups excluding carboxylic acids is 2. The van der Waals surface area contributed by atoms with E-state index in [0.717, 1.165) is 25.7 Å². The van der Waals surface area contributed by atoms with Gasteiger partial charge in [0.25, 0.3) is 0 Å². The van der Waals surface area contributed by atoms with Gasteiger partial charge in [0.15, 0.2) is 0 Å². The molecule has 5 nitrogen and oxygen atoms in total. The minimum absolute atomic E-state index is 0.0555. The summed E-state index contributed by atoms with van der Waals surface area (Å²) in [6, 6.07) is 15.3. The summed E-state index contributed by atoms with van der Waals surface area (Å²) < 4.78 is 14.2. The maximum absolute atomic E-state index is 14.2. The normalized spacial score (nSPS) is 23.5. The molecule has 3 fully saturated rings. The van der Waals surface area contributed by atoms with Crippen LogP contribution in [0, 0.1) is 24.6 Å². The van der Waals surface area contributed by atoms with Gasteiger partial charge in [-0.05, 0) is 50.3 Å². The summed E-state index contributed by atoms with van der Waals surface area (Å²) in [5, 5.41) is 0. The molecule has 0 radical (unpaired) electrons. The molecule has 0 bridgehead atoms. The molecular formula is C27H32FN3O2. The Morgan fingerprint density at radius 2 is 1.58 bits per heavy atom. The highest BCUT2D eigenvalue weighted by Crippen LogP contribution is 2.40. The molecule has 2 aromatic rings. The highest BCUT2D eigenvalue weighted by molar-refractivity contribution is 5.84. The smallest absolute Gasteiger partial charge is 0.227 e. The van der Waals surface area contributed by atoms with Crippen LogP contribution in [0.3, 0.4) is 0 Å². The molecule has 0 spiro atoms. The third-order valence-corrected chi connectivity index (χ3v) is 7.35. The third kappa shape index (κ3) is 4.61. The zero-order chi connectivity index (χ0) is 22.9. The van der Waals surface area contributed by atoms with Crippen LogP contribution in [0.15, 0.2) is 48.5 Å². The van der Waals surface area contributed by atoms with Gasteiger partial charge in [-0.15, -0.1) is 0 Å². The highest BCUT2D eigenvalue weighted by atomic mass is 19.1. The lowest BCUT2D eigenvalue weighted by Crippen LogP contribution is -2.53. The fraction of sp³-hybridized carbons (Fsp3) is 0.481. The van der Waals surface area contributed by atoms with E-state index in [1.807, 2.05) is 20.8 Å². The first kappa shape index (κ1) is 21.9. The lowest BCUT2D eigenvalue weighted by molar-refractivity contribution is -0.144. The number of aryl methyl sites for hydroxylation is 1. The first-order chi connectivity index (χ1) is 16.0. The molecule has 2 atom stereocenters.